The highest BCUT2D eigenvalue weighted by Gasteiger charge is 2.45. The third-order valence-electron chi connectivity index (χ3n) is 5.08. The van der Waals surface area contributed by atoms with Gasteiger partial charge < -0.3 is 9.47 Å². The van der Waals surface area contributed by atoms with Gasteiger partial charge in [-0.3, -0.25) is 4.90 Å². The van der Waals surface area contributed by atoms with Gasteiger partial charge in [-0.1, -0.05) is 73.3 Å². The van der Waals surface area contributed by atoms with Gasteiger partial charge in [0.25, 0.3) is 0 Å². The Kier molecular flexibility index (Phi) is 6.52. The lowest BCUT2D eigenvalue weighted by atomic mass is 9.87. The number of hydrogen-bond acceptors (Lipinski definition) is 4. The van der Waals surface area contributed by atoms with Crippen LogP contribution in [0, 0.1) is 0 Å². The van der Waals surface area contributed by atoms with Gasteiger partial charge in [0, 0.05) is 0 Å². The maximum absolute atomic E-state index is 13.0. The van der Waals surface area contributed by atoms with Crippen molar-refractivity contribution >= 4 is 18.1 Å². The summed E-state index contributed by atoms with van der Waals surface area (Å²) in [6.45, 7) is 5.82. The van der Waals surface area contributed by atoms with Crippen molar-refractivity contribution in [2.75, 3.05) is 13.7 Å². The van der Waals surface area contributed by atoms with Crippen LogP contribution in [0.2, 0.25) is 0 Å². The number of esters is 1. The molecular weight excluding hydrogens is 378 g/mol. The third-order valence-corrected chi connectivity index (χ3v) is 5.08. The van der Waals surface area contributed by atoms with Crippen LogP contribution < -0.4 is 0 Å². The van der Waals surface area contributed by atoms with E-state index in [1.165, 1.54) is 12.0 Å². The number of hydrogen-bond donors (Lipinski definition) is 0. The van der Waals surface area contributed by atoms with Crippen LogP contribution in [0.4, 0.5) is 4.79 Å². The summed E-state index contributed by atoms with van der Waals surface area (Å²) >= 11 is 0. The fourth-order valence-corrected chi connectivity index (χ4v) is 3.40. The first kappa shape index (κ1) is 21.1. The van der Waals surface area contributed by atoms with Gasteiger partial charge in [0.1, 0.15) is 6.61 Å². The number of carbonyl (C=O) groups excluding carboxylic acids is 2. The van der Waals surface area contributed by atoms with Gasteiger partial charge in [-0.25, -0.2) is 9.59 Å². The largest absolute Gasteiger partial charge is 0.467 e. The monoisotopic (exact) mass is 403 g/mol. The quantitative estimate of drug-likeness (QED) is 0.675. The van der Waals surface area contributed by atoms with Crippen LogP contribution in [0.25, 0.3) is 6.08 Å². The minimum absolute atomic E-state index is 0.114. The highest BCUT2D eigenvalue weighted by molar-refractivity contribution is 5.89. The maximum atomic E-state index is 13.0. The Morgan fingerprint density at radius 2 is 1.73 bits per heavy atom. The molecule has 30 heavy (non-hydrogen) atoms. The van der Waals surface area contributed by atoms with E-state index in [2.05, 4.69) is 6.58 Å². The Labute approximate surface area is 176 Å². The standard InChI is InChI=1S/C25H25NO4/c1-4-21-16-25(2,23(27)29-3)26(17-22(21)15-19-11-7-5-8-12-19)24(28)30-18-20-13-9-6-10-14-20/h4-16H,1,17-18H2,2-3H3/b22-15+. The molecule has 0 radical (unpaired) electrons. The Morgan fingerprint density at radius 3 is 2.33 bits per heavy atom. The van der Waals surface area contributed by atoms with E-state index in [0.29, 0.717) is 0 Å². The smallest absolute Gasteiger partial charge is 0.411 e. The number of rotatable bonds is 5. The zero-order chi connectivity index (χ0) is 21.6. The molecule has 0 aliphatic carbocycles. The van der Waals surface area contributed by atoms with Gasteiger partial charge in [0.05, 0.1) is 13.7 Å². The molecule has 0 bridgehead atoms. The lowest BCUT2D eigenvalue weighted by molar-refractivity contribution is -0.150. The van der Waals surface area contributed by atoms with E-state index < -0.39 is 17.6 Å². The van der Waals surface area contributed by atoms with Crippen molar-refractivity contribution in [3.63, 3.8) is 0 Å². The Balaban J connectivity index is 1.94. The highest BCUT2D eigenvalue weighted by atomic mass is 16.6. The fourth-order valence-electron chi connectivity index (χ4n) is 3.40. The molecule has 154 valence electrons. The first-order chi connectivity index (χ1) is 14.5. The summed E-state index contributed by atoms with van der Waals surface area (Å²) in [5, 5.41) is 0. The number of nitrogens with zero attached hydrogens (tertiary/aromatic N) is 1. The average molecular weight is 403 g/mol. The molecule has 0 saturated carbocycles. The van der Waals surface area contributed by atoms with Crippen molar-refractivity contribution in [1.82, 2.24) is 4.90 Å². The van der Waals surface area contributed by atoms with Crippen molar-refractivity contribution in [2.24, 2.45) is 0 Å². The van der Waals surface area contributed by atoms with Gasteiger partial charge in [-0.15, -0.1) is 0 Å². The summed E-state index contributed by atoms with van der Waals surface area (Å²) in [5.74, 6) is -0.544. The number of allylic oxidation sites excluding steroid dienone is 1. The molecule has 1 atom stereocenters. The van der Waals surface area contributed by atoms with Crippen molar-refractivity contribution < 1.29 is 19.1 Å². The molecule has 3 rings (SSSR count). The summed E-state index contributed by atoms with van der Waals surface area (Å²) in [6, 6.07) is 19.2. The van der Waals surface area contributed by atoms with Gasteiger partial charge in [0.15, 0.2) is 5.54 Å². The second-order valence-electron chi connectivity index (χ2n) is 7.15. The fraction of sp³-hybridized carbons (Fsp3) is 0.200. The third kappa shape index (κ3) is 4.51. The SMILES string of the molecule is C=CC1=CC(C)(C(=O)OC)N(C(=O)OCc2ccccc2)C/C1=C\c1ccccc1. The van der Waals surface area contributed by atoms with Crippen LogP contribution in [-0.4, -0.2) is 36.2 Å². The van der Waals surface area contributed by atoms with Crippen LogP contribution in [-0.2, 0) is 20.9 Å². The first-order valence-electron chi connectivity index (χ1n) is 9.66. The maximum Gasteiger partial charge on any atom is 0.411 e. The van der Waals surface area contributed by atoms with Crippen LogP contribution in [0.5, 0.6) is 0 Å². The molecule has 0 aromatic heterocycles. The molecule has 0 spiro atoms. The normalized spacial score (nSPS) is 19.7. The van der Waals surface area contributed by atoms with E-state index in [9.17, 15) is 9.59 Å². The molecule has 1 amide bonds. The van der Waals surface area contributed by atoms with E-state index in [1.807, 2.05) is 66.7 Å². The molecule has 1 heterocycles. The van der Waals surface area contributed by atoms with Gasteiger partial charge >= 0.3 is 12.1 Å². The van der Waals surface area contributed by atoms with Crippen molar-refractivity contribution in [1.29, 1.82) is 0 Å². The lowest BCUT2D eigenvalue weighted by Crippen LogP contribution is -2.57. The second-order valence-corrected chi connectivity index (χ2v) is 7.15. The summed E-state index contributed by atoms with van der Waals surface area (Å²) in [7, 11) is 1.30. The molecular formula is C25H25NO4. The molecule has 1 unspecified atom stereocenters. The minimum Gasteiger partial charge on any atom is -0.467 e. The Bertz CT molecular complexity index is 979. The number of amides is 1. The van der Waals surface area contributed by atoms with Gasteiger partial charge in [0.2, 0.25) is 0 Å². The average Bonchev–Trinajstić information content (AvgIpc) is 2.79. The van der Waals surface area contributed by atoms with E-state index in [1.54, 1.807) is 19.1 Å². The van der Waals surface area contributed by atoms with Crippen LogP contribution in [0.15, 0.2) is 90.5 Å². The Hall–Kier alpha value is -3.60. The number of carbonyl (C=O) groups is 2. The molecule has 2 aromatic carbocycles. The summed E-state index contributed by atoms with van der Waals surface area (Å²) in [4.78, 5) is 27.0. The van der Waals surface area contributed by atoms with Crippen molar-refractivity contribution in [3.05, 3.63) is 102 Å². The lowest BCUT2D eigenvalue weighted by Gasteiger charge is -2.40. The van der Waals surface area contributed by atoms with Crippen molar-refractivity contribution in [2.45, 2.75) is 19.1 Å². The predicted molar refractivity (Wildman–Crippen MR) is 116 cm³/mol. The van der Waals surface area contributed by atoms with Crippen LogP contribution in [0.1, 0.15) is 18.1 Å². The van der Waals surface area contributed by atoms with Crippen molar-refractivity contribution in [3.8, 4) is 0 Å². The summed E-state index contributed by atoms with van der Waals surface area (Å²) in [5.41, 5.74) is 2.18. The number of benzene rings is 2. The first-order valence-corrected chi connectivity index (χ1v) is 9.66. The second kappa shape index (κ2) is 9.27. The Morgan fingerprint density at radius 1 is 1.10 bits per heavy atom. The number of ether oxygens (including phenoxy) is 2. The van der Waals surface area contributed by atoms with Crippen LogP contribution >= 0.6 is 0 Å². The molecule has 5 heteroatoms. The van der Waals surface area contributed by atoms with E-state index >= 15 is 0 Å². The molecule has 1 aliphatic heterocycles. The summed E-state index contributed by atoms with van der Waals surface area (Å²) in [6.07, 6.45) is 4.77. The number of methoxy groups -OCH3 is 1. The van der Waals surface area contributed by atoms with E-state index in [-0.39, 0.29) is 13.2 Å². The zero-order valence-corrected chi connectivity index (χ0v) is 17.2. The van der Waals surface area contributed by atoms with Gasteiger partial charge in [-0.2, -0.15) is 0 Å². The highest BCUT2D eigenvalue weighted by Crippen LogP contribution is 2.33. The molecule has 1 aliphatic rings. The molecule has 0 saturated heterocycles. The zero-order valence-electron chi connectivity index (χ0n) is 17.2. The summed E-state index contributed by atoms with van der Waals surface area (Å²) < 4.78 is 10.5. The van der Waals surface area contributed by atoms with Crippen LogP contribution in [0.3, 0.4) is 0 Å². The predicted octanol–water partition coefficient (Wildman–Crippen LogP) is 4.77. The molecule has 0 N–H and O–H groups in total. The molecule has 2 aromatic rings. The molecule has 5 nitrogen and oxygen atoms in total. The minimum atomic E-state index is -1.31. The van der Waals surface area contributed by atoms with E-state index in [4.69, 9.17) is 9.47 Å². The van der Waals surface area contributed by atoms with Gasteiger partial charge in [-0.05, 0) is 41.3 Å². The topological polar surface area (TPSA) is 55.8 Å². The molecule has 0 fully saturated rings. The van der Waals surface area contributed by atoms with E-state index in [0.717, 1.165) is 22.3 Å².